The SMILES string of the molecule is [C-]#[N+]c1ccc(OC2C(C)(C)C(NC(=O)c3ccc(N4CCC(CN5C6CCC5CN(c5cc7c(cc5F)C(=O)N(C5CCC(=O)NC5=O)C7)C6)CC4)nc3)C2(C)C)cc1Cl. The van der Waals surface area contributed by atoms with Crippen molar-refractivity contribution in [2.24, 2.45) is 16.7 Å². The Morgan fingerprint density at radius 3 is 2.34 bits per heavy atom. The lowest BCUT2D eigenvalue weighted by Gasteiger charge is -2.63. The Bertz CT molecular complexity index is 2290. The number of pyridine rings is 1. The van der Waals surface area contributed by atoms with Gasteiger partial charge in [0.25, 0.3) is 11.8 Å². The molecule has 2 N–H and O–H groups in total. The largest absolute Gasteiger partial charge is 0.489 e. The van der Waals surface area contributed by atoms with Gasteiger partial charge in [-0.1, -0.05) is 45.4 Å². The Morgan fingerprint density at radius 1 is 0.984 bits per heavy atom. The van der Waals surface area contributed by atoms with E-state index in [0.717, 1.165) is 69.8 Å². The third kappa shape index (κ3) is 7.37. The predicted octanol–water partition coefficient (Wildman–Crippen LogP) is 6.37. The number of nitrogens with one attached hydrogen (secondary N) is 2. The Balaban J connectivity index is 0.760. The summed E-state index contributed by atoms with van der Waals surface area (Å²) in [7, 11) is 0. The molecule has 1 saturated carbocycles. The van der Waals surface area contributed by atoms with Crippen LogP contribution in [0.4, 0.5) is 21.6 Å². The molecule has 2 aromatic carbocycles. The summed E-state index contributed by atoms with van der Waals surface area (Å²) < 4.78 is 22.1. The lowest BCUT2D eigenvalue weighted by Crippen LogP contribution is -2.74. The zero-order chi connectivity index (χ0) is 43.0. The van der Waals surface area contributed by atoms with E-state index in [4.69, 9.17) is 27.9 Å². The smallest absolute Gasteiger partial charge is 0.255 e. The van der Waals surface area contributed by atoms with Gasteiger partial charge in [-0.25, -0.2) is 14.2 Å². The van der Waals surface area contributed by atoms with Crippen molar-refractivity contribution in [3.63, 3.8) is 0 Å². The number of carbonyl (C=O) groups excluding carboxylic acids is 4. The summed E-state index contributed by atoms with van der Waals surface area (Å²) in [6, 6.07) is 11.8. The second kappa shape index (κ2) is 15.6. The Morgan fingerprint density at radius 2 is 1.70 bits per heavy atom. The van der Waals surface area contributed by atoms with Crippen LogP contribution >= 0.6 is 11.6 Å². The zero-order valence-corrected chi connectivity index (χ0v) is 35.8. The van der Waals surface area contributed by atoms with Gasteiger partial charge in [-0.05, 0) is 80.0 Å². The molecule has 15 heteroatoms. The lowest BCUT2D eigenvalue weighted by atomic mass is 9.49. The topological polar surface area (TPSA) is 132 Å². The van der Waals surface area contributed by atoms with Crippen LogP contribution in [0.5, 0.6) is 5.75 Å². The lowest BCUT2D eigenvalue weighted by molar-refractivity contribution is -0.164. The molecule has 320 valence electrons. The highest BCUT2D eigenvalue weighted by Gasteiger charge is 2.64. The standard InChI is InChI=1S/C46H52ClFN8O5/c1-45(2)43(46(3,4)44(45)61-31-9-10-35(49-5)33(47)19-31)52-40(58)27-6-12-38(50-21-27)53-16-14-26(15-17-53)22-55-29-7-8-30(55)25-54(24-29)37-18-28-23-56(42(60)32(28)20-34(37)48)36-11-13-39(57)51-41(36)59/h6,9-10,12,18-21,26,29-30,36,43-44H,7-8,11,13-17,22-25H2,1-4H3,(H,52,58)(H,51,57,59). The fraction of sp³-hybridized carbons (Fsp3) is 0.522. The molecule has 4 amide bonds. The van der Waals surface area contributed by atoms with Crippen LogP contribution in [0.3, 0.4) is 0 Å². The van der Waals surface area contributed by atoms with E-state index in [1.165, 1.54) is 11.0 Å². The molecule has 3 aromatic rings. The van der Waals surface area contributed by atoms with E-state index in [2.05, 4.69) is 57.9 Å². The minimum absolute atomic E-state index is 0.153. The van der Waals surface area contributed by atoms with Crippen molar-refractivity contribution in [1.29, 1.82) is 0 Å². The minimum Gasteiger partial charge on any atom is -0.489 e. The summed E-state index contributed by atoms with van der Waals surface area (Å²) in [6.45, 7) is 20.0. The molecular formula is C46H52ClFN8O5. The Kier molecular flexibility index (Phi) is 10.5. The summed E-state index contributed by atoms with van der Waals surface area (Å²) >= 11 is 6.27. The van der Waals surface area contributed by atoms with E-state index in [9.17, 15) is 19.2 Å². The fourth-order valence-electron chi connectivity index (χ4n) is 11.5. The number of ether oxygens (including phenoxy) is 1. The van der Waals surface area contributed by atoms with Crippen LogP contribution in [0.15, 0.2) is 48.7 Å². The molecule has 3 unspecified atom stereocenters. The number of halogens is 2. The van der Waals surface area contributed by atoms with Crippen LogP contribution in [0.1, 0.15) is 92.5 Å². The number of piperazine rings is 1. The summed E-state index contributed by atoms with van der Waals surface area (Å²) in [5.74, 6) is 0.227. The molecule has 0 spiro atoms. The molecule has 6 heterocycles. The number of fused-ring (bicyclic) bond motifs is 3. The number of imide groups is 1. The number of hydrogen-bond acceptors (Lipinski definition) is 9. The fourth-order valence-corrected chi connectivity index (χ4v) is 11.7. The molecule has 1 aromatic heterocycles. The molecule has 0 radical (unpaired) electrons. The zero-order valence-electron chi connectivity index (χ0n) is 35.0. The number of nitrogens with zero attached hydrogens (tertiary/aromatic N) is 6. The summed E-state index contributed by atoms with van der Waals surface area (Å²) in [5.41, 5.74) is 1.67. The van der Waals surface area contributed by atoms with Crippen LogP contribution in [0.2, 0.25) is 5.02 Å². The molecule has 6 aliphatic rings. The maximum absolute atomic E-state index is 15.7. The van der Waals surface area contributed by atoms with E-state index in [1.54, 1.807) is 30.5 Å². The molecule has 4 saturated heterocycles. The average molecular weight is 851 g/mol. The van der Waals surface area contributed by atoms with Crippen LogP contribution in [-0.2, 0) is 16.1 Å². The van der Waals surface area contributed by atoms with Gasteiger partial charge in [0.15, 0.2) is 0 Å². The van der Waals surface area contributed by atoms with Crippen molar-refractivity contribution in [2.45, 2.75) is 103 Å². The monoisotopic (exact) mass is 850 g/mol. The number of piperidine rings is 2. The van der Waals surface area contributed by atoms with Gasteiger partial charge in [-0.3, -0.25) is 29.4 Å². The van der Waals surface area contributed by atoms with E-state index in [1.807, 2.05) is 12.1 Å². The third-order valence-electron chi connectivity index (χ3n) is 14.4. The highest BCUT2D eigenvalue weighted by atomic mass is 35.5. The highest BCUT2D eigenvalue weighted by molar-refractivity contribution is 6.33. The molecule has 13 nitrogen and oxygen atoms in total. The first-order valence-electron chi connectivity index (χ1n) is 21.5. The van der Waals surface area contributed by atoms with Crippen molar-refractivity contribution in [3.8, 4) is 5.75 Å². The normalized spacial score (nSPS) is 27.0. The van der Waals surface area contributed by atoms with Gasteiger partial charge in [-0.2, -0.15) is 0 Å². The molecule has 9 rings (SSSR count). The number of benzene rings is 2. The van der Waals surface area contributed by atoms with Gasteiger partial charge in [0.2, 0.25) is 17.5 Å². The quantitative estimate of drug-likeness (QED) is 0.186. The predicted molar refractivity (Wildman–Crippen MR) is 228 cm³/mol. The molecule has 61 heavy (non-hydrogen) atoms. The van der Waals surface area contributed by atoms with E-state index in [-0.39, 0.29) is 60.1 Å². The number of carbonyl (C=O) groups is 4. The minimum atomic E-state index is -0.731. The van der Waals surface area contributed by atoms with Gasteiger partial charge >= 0.3 is 0 Å². The van der Waals surface area contributed by atoms with Crippen molar-refractivity contribution < 1.29 is 28.3 Å². The number of aromatic nitrogens is 1. The van der Waals surface area contributed by atoms with E-state index < -0.39 is 17.8 Å². The van der Waals surface area contributed by atoms with Crippen molar-refractivity contribution in [2.75, 3.05) is 42.5 Å². The summed E-state index contributed by atoms with van der Waals surface area (Å²) in [6.07, 6.45) is 6.12. The van der Waals surface area contributed by atoms with Crippen LogP contribution < -0.4 is 25.2 Å². The summed E-state index contributed by atoms with van der Waals surface area (Å²) in [5, 5.41) is 5.93. The van der Waals surface area contributed by atoms with Crippen LogP contribution in [0, 0.1) is 29.1 Å². The molecular weight excluding hydrogens is 799 g/mol. The van der Waals surface area contributed by atoms with Crippen molar-refractivity contribution in [3.05, 3.63) is 87.6 Å². The van der Waals surface area contributed by atoms with Crippen molar-refractivity contribution >= 4 is 52.4 Å². The van der Waals surface area contributed by atoms with Gasteiger partial charge in [-0.15, -0.1) is 0 Å². The number of anilines is 2. The van der Waals surface area contributed by atoms with Gasteiger partial charge in [0.05, 0.1) is 22.8 Å². The third-order valence-corrected chi connectivity index (χ3v) is 14.7. The maximum Gasteiger partial charge on any atom is 0.255 e. The van der Waals surface area contributed by atoms with E-state index in [0.29, 0.717) is 51.3 Å². The second-order valence-corrected chi connectivity index (χ2v) is 19.4. The van der Waals surface area contributed by atoms with Gasteiger partial charge < -0.3 is 24.8 Å². The van der Waals surface area contributed by atoms with Gasteiger partial charge in [0, 0.05) is 86.4 Å². The molecule has 1 aliphatic carbocycles. The molecule has 3 atom stereocenters. The first-order chi connectivity index (χ1) is 29.1. The Hall–Kier alpha value is -5.26. The van der Waals surface area contributed by atoms with E-state index >= 15 is 4.39 Å². The Labute approximate surface area is 360 Å². The molecule has 5 aliphatic heterocycles. The van der Waals surface area contributed by atoms with Crippen molar-refractivity contribution in [1.82, 2.24) is 25.4 Å². The highest BCUT2D eigenvalue weighted by Crippen LogP contribution is 2.56. The molecule has 2 bridgehead atoms. The molecule has 5 fully saturated rings. The maximum atomic E-state index is 15.7. The van der Waals surface area contributed by atoms with Crippen LogP contribution in [0.25, 0.3) is 4.85 Å². The second-order valence-electron chi connectivity index (χ2n) is 19.0. The van der Waals surface area contributed by atoms with Crippen LogP contribution in [-0.4, -0.2) is 101 Å². The average Bonchev–Trinajstić information content (AvgIpc) is 3.66. The number of rotatable bonds is 9. The van der Waals surface area contributed by atoms with Gasteiger partial charge in [0.1, 0.15) is 29.5 Å². The summed E-state index contributed by atoms with van der Waals surface area (Å²) in [4.78, 5) is 67.7. The number of hydrogen-bond donors (Lipinski definition) is 2. The first-order valence-corrected chi connectivity index (χ1v) is 21.8. The first kappa shape index (κ1) is 41.1. The number of amides is 4.